The second-order valence-corrected chi connectivity index (χ2v) is 3.47. The molecular formula is C11H17ClO. The Kier molecular flexibility index (Phi) is 3.80. The number of rotatable bonds is 0. The van der Waals surface area contributed by atoms with E-state index in [4.69, 9.17) is 0 Å². The zero-order chi connectivity index (χ0) is 9.46. The van der Waals surface area contributed by atoms with Crippen molar-refractivity contribution in [3.8, 4) is 5.75 Å². The Balaban J connectivity index is 0.00000144. The van der Waals surface area contributed by atoms with Gasteiger partial charge in [-0.15, -0.1) is 12.4 Å². The van der Waals surface area contributed by atoms with Crippen LogP contribution in [0.1, 0.15) is 27.8 Å². The summed E-state index contributed by atoms with van der Waals surface area (Å²) in [5.41, 5.74) is 5.72. The van der Waals surface area contributed by atoms with Crippen LogP contribution in [0.4, 0.5) is 0 Å². The Hall–Kier alpha value is -0.690. The first-order valence-corrected chi connectivity index (χ1v) is 4.22. The molecule has 0 radical (unpaired) electrons. The van der Waals surface area contributed by atoms with E-state index in [-0.39, 0.29) is 12.4 Å². The molecule has 0 spiro atoms. The molecular weight excluding hydrogens is 184 g/mol. The van der Waals surface area contributed by atoms with Gasteiger partial charge >= 0.3 is 0 Å². The lowest BCUT2D eigenvalue weighted by Gasteiger charge is -2.13. The van der Waals surface area contributed by atoms with Crippen LogP contribution in [0.15, 0.2) is 0 Å². The van der Waals surface area contributed by atoms with Crippen molar-refractivity contribution in [2.24, 2.45) is 0 Å². The molecule has 1 nitrogen and oxygen atoms in total. The summed E-state index contributed by atoms with van der Waals surface area (Å²) in [5, 5.41) is 9.69. The van der Waals surface area contributed by atoms with Crippen molar-refractivity contribution in [2.45, 2.75) is 34.6 Å². The van der Waals surface area contributed by atoms with Gasteiger partial charge in [-0.25, -0.2) is 0 Å². The summed E-state index contributed by atoms with van der Waals surface area (Å²) < 4.78 is 0. The SMILES string of the molecule is Cc1c(C)c(C)c(O)c(C)c1C.Cl. The Labute approximate surface area is 86.2 Å². The van der Waals surface area contributed by atoms with Crippen molar-refractivity contribution >= 4 is 12.4 Å². The topological polar surface area (TPSA) is 20.2 Å². The first-order chi connectivity index (χ1) is 5.46. The van der Waals surface area contributed by atoms with Crippen molar-refractivity contribution in [3.63, 3.8) is 0 Å². The zero-order valence-electron chi connectivity index (χ0n) is 8.86. The summed E-state index contributed by atoms with van der Waals surface area (Å²) >= 11 is 0. The highest BCUT2D eigenvalue weighted by Crippen LogP contribution is 2.30. The van der Waals surface area contributed by atoms with Gasteiger partial charge in [-0.05, 0) is 62.4 Å². The monoisotopic (exact) mass is 200 g/mol. The van der Waals surface area contributed by atoms with Crippen molar-refractivity contribution < 1.29 is 5.11 Å². The van der Waals surface area contributed by atoms with E-state index >= 15 is 0 Å². The molecule has 0 atom stereocenters. The fourth-order valence-corrected chi connectivity index (χ4v) is 1.48. The predicted octanol–water partition coefficient (Wildman–Crippen LogP) is 3.36. The molecule has 1 aromatic carbocycles. The Morgan fingerprint density at radius 1 is 0.615 bits per heavy atom. The van der Waals surface area contributed by atoms with Crippen LogP contribution in [0.5, 0.6) is 5.75 Å². The molecule has 0 aliphatic carbocycles. The van der Waals surface area contributed by atoms with Crippen LogP contribution in [-0.2, 0) is 0 Å². The van der Waals surface area contributed by atoms with Gasteiger partial charge in [0.2, 0.25) is 0 Å². The molecule has 74 valence electrons. The third kappa shape index (κ3) is 1.80. The van der Waals surface area contributed by atoms with Gasteiger partial charge in [-0.1, -0.05) is 0 Å². The van der Waals surface area contributed by atoms with Gasteiger partial charge in [0, 0.05) is 0 Å². The van der Waals surface area contributed by atoms with E-state index in [9.17, 15) is 5.11 Å². The summed E-state index contributed by atoms with van der Waals surface area (Å²) in [6.45, 7) is 10.1. The number of hydrogen-bond acceptors (Lipinski definition) is 1. The first-order valence-electron chi connectivity index (χ1n) is 4.22. The van der Waals surface area contributed by atoms with Crippen LogP contribution < -0.4 is 0 Å². The van der Waals surface area contributed by atoms with E-state index in [1.165, 1.54) is 16.7 Å². The van der Waals surface area contributed by atoms with E-state index in [0.717, 1.165) is 11.1 Å². The molecule has 0 fully saturated rings. The fourth-order valence-electron chi connectivity index (χ4n) is 1.48. The van der Waals surface area contributed by atoms with Crippen molar-refractivity contribution in [1.82, 2.24) is 0 Å². The Morgan fingerprint density at radius 3 is 1.15 bits per heavy atom. The predicted molar refractivity (Wildman–Crippen MR) is 59.0 cm³/mol. The first kappa shape index (κ1) is 12.3. The average molecular weight is 201 g/mol. The molecule has 1 N–H and O–H groups in total. The lowest BCUT2D eigenvalue weighted by atomic mass is 9.94. The van der Waals surface area contributed by atoms with Gasteiger partial charge < -0.3 is 5.11 Å². The number of benzene rings is 1. The normalized spacial score (nSPS) is 9.62. The van der Waals surface area contributed by atoms with Gasteiger partial charge in [0.25, 0.3) is 0 Å². The van der Waals surface area contributed by atoms with Crippen LogP contribution in [0.3, 0.4) is 0 Å². The standard InChI is InChI=1S/C11H16O.ClH/c1-6-7(2)9(4)11(12)10(5)8(6)3;/h12H,1-5H3;1H. The highest BCUT2D eigenvalue weighted by molar-refractivity contribution is 5.85. The lowest BCUT2D eigenvalue weighted by Crippen LogP contribution is -1.95. The molecule has 0 saturated heterocycles. The molecule has 0 amide bonds. The maximum atomic E-state index is 9.69. The molecule has 13 heavy (non-hydrogen) atoms. The second kappa shape index (κ2) is 4.01. The van der Waals surface area contributed by atoms with E-state index in [1.807, 2.05) is 13.8 Å². The van der Waals surface area contributed by atoms with Crippen LogP contribution in [0.2, 0.25) is 0 Å². The molecule has 1 aromatic rings. The van der Waals surface area contributed by atoms with Crippen LogP contribution in [0.25, 0.3) is 0 Å². The van der Waals surface area contributed by atoms with Crippen molar-refractivity contribution in [2.75, 3.05) is 0 Å². The zero-order valence-corrected chi connectivity index (χ0v) is 9.67. The third-order valence-corrected chi connectivity index (χ3v) is 2.96. The van der Waals surface area contributed by atoms with Crippen LogP contribution >= 0.6 is 12.4 Å². The minimum absolute atomic E-state index is 0. The molecule has 0 unspecified atom stereocenters. The Bertz CT molecular complexity index is 224. The van der Waals surface area contributed by atoms with E-state index in [2.05, 4.69) is 20.8 Å². The second-order valence-electron chi connectivity index (χ2n) is 3.47. The van der Waals surface area contributed by atoms with Gasteiger partial charge in [-0.3, -0.25) is 0 Å². The lowest BCUT2D eigenvalue weighted by molar-refractivity contribution is 0.465. The third-order valence-electron chi connectivity index (χ3n) is 2.96. The summed E-state index contributed by atoms with van der Waals surface area (Å²) in [7, 11) is 0. The maximum absolute atomic E-state index is 9.69. The largest absolute Gasteiger partial charge is 0.507 e. The van der Waals surface area contributed by atoms with E-state index in [1.54, 1.807) is 0 Å². The van der Waals surface area contributed by atoms with Gasteiger partial charge in [0.05, 0.1) is 0 Å². The van der Waals surface area contributed by atoms with Gasteiger partial charge in [-0.2, -0.15) is 0 Å². The maximum Gasteiger partial charge on any atom is 0.121 e. The number of aromatic hydroxyl groups is 1. The molecule has 0 aromatic heterocycles. The number of hydrogen-bond donors (Lipinski definition) is 1. The highest BCUT2D eigenvalue weighted by Gasteiger charge is 2.09. The molecule has 1 rings (SSSR count). The summed E-state index contributed by atoms with van der Waals surface area (Å²) in [6, 6.07) is 0. The highest BCUT2D eigenvalue weighted by atomic mass is 35.5. The number of phenols is 1. The molecule has 0 aliphatic heterocycles. The quantitative estimate of drug-likeness (QED) is 0.681. The van der Waals surface area contributed by atoms with Crippen LogP contribution in [-0.4, -0.2) is 5.11 Å². The van der Waals surface area contributed by atoms with E-state index in [0.29, 0.717) is 5.75 Å². The Morgan fingerprint density at radius 2 is 0.846 bits per heavy atom. The van der Waals surface area contributed by atoms with E-state index < -0.39 is 0 Å². The molecule has 2 heteroatoms. The van der Waals surface area contributed by atoms with Gasteiger partial charge in [0.15, 0.2) is 0 Å². The number of phenolic OH excluding ortho intramolecular Hbond substituents is 1. The van der Waals surface area contributed by atoms with Crippen LogP contribution in [0, 0.1) is 34.6 Å². The molecule has 0 bridgehead atoms. The fraction of sp³-hybridized carbons (Fsp3) is 0.455. The molecule has 0 saturated carbocycles. The van der Waals surface area contributed by atoms with Crippen molar-refractivity contribution in [3.05, 3.63) is 27.8 Å². The smallest absolute Gasteiger partial charge is 0.121 e. The minimum atomic E-state index is 0. The molecule has 0 aliphatic rings. The van der Waals surface area contributed by atoms with Gasteiger partial charge in [0.1, 0.15) is 5.75 Å². The summed E-state index contributed by atoms with van der Waals surface area (Å²) in [6.07, 6.45) is 0. The average Bonchev–Trinajstić information content (AvgIpc) is 2.08. The summed E-state index contributed by atoms with van der Waals surface area (Å²) in [4.78, 5) is 0. The van der Waals surface area contributed by atoms with Crippen molar-refractivity contribution in [1.29, 1.82) is 0 Å². The minimum Gasteiger partial charge on any atom is -0.507 e. The summed E-state index contributed by atoms with van der Waals surface area (Å²) in [5.74, 6) is 0.454. The molecule has 0 heterocycles. The number of halogens is 1.